The zero-order valence-electron chi connectivity index (χ0n) is 13.0. The third kappa shape index (κ3) is 4.60. The molecule has 0 fully saturated rings. The van der Waals surface area contributed by atoms with Gasteiger partial charge in [-0.25, -0.2) is 16.8 Å². The van der Waals surface area contributed by atoms with Crippen molar-refractivity contribution in [1.82, 2.24) is 0 Å². The summed E-state index contributed by atoms with van der Waals surface area (Å²) >= 11 is 0. The molecule has 27 heavy (non-hydrogen) atoms. The van der Waals surface area contributed by atoms with E-state index in [0.29, 0.717) is 0 Å². The Morgan fingerprint density at radius 2 is 1.04 bits per heavy atom. The number of halogens is 10. The molecule has 17 heteroatoms. The Morgan fingerprint density at radius 3 is 1.26 bits per heavy atom. The fourth-order valence-corrected chi connectivity index (χ4v) is 6.27. The van der Waals surface area contributed by atoms with Crippen molar-refractivity contribution in [3.05, 3.63) is 0 Å². The van der Waals surface area contributed by atoms with Gasteiger partial charge in [0.1, 0.15) is 0 Å². The van der Waals surface area contributed by atoms with Gasteiger partial charge in [0, 0.05) is 6.61 Å². The van der Waals surface area contributed by atoms with Crippen LogP contribution in [0.2, 0.25) is 0 Å². The maximum Gasteiger partial charge on any atom is 0.469 e. The fourth-order valence-electron chi connectivity index (χ4n) is 1.74. The van der Waals surface area contributed by atoms with E-state index >= 15 is 0 Å². The van der Waals surface area contributed by atoms with Crippen LogP contribution in [0.1, 0.15) is 19.8 Å². The lowest BCUT2D eigenvalue weighted by Crippen LogP contribution is -2.56. The lowest BCUT2D eigenvalue weighted by atomic mass is 10.1. The maximum atomic E-state index is 13.3. The van der Waals surface area contributed by atoms with Gasteiger partial charge in [-0.05, 0) is 18.8 Å². The van der Waals surface area contributed by atoms with Crippen molar-refractivity contribution in [2.75, 3.05) is 6.61 Å². The normalized spacial score (nSPS) is 16.6. The smallest absolute Gasteiger partial charge is 0.396 e. The summed E-state index contributed by atoms with van der Waals surface area (Å²) in [7, 11) is -15.0. The number of aliphatic hydroxyl groups excluding tert-OH is 1. The van der Waals surface area contributed by atoms with Crippen LogP contribution in [0.4, 0.5) is 43.9 Å². The summed E-state index contributed by atoms with van der Waals surface area (Å²) in [5.41, 5.74) is 0. The summed E-state index contributed by atoms with van der Waals surface area (Å²) < 4.78 is 169. The Balaban J connectivity index is 6.72. The first-order chi connectivity index (χ1) is 11.6. The molecule has 0 aromatic rings. The highest BCUT2D eigenvalue weighted by Crippen LogP contribution is 2.49. The molecule has 0 aliphatic rings. The van der Waals surface area contributed by atoms with Crippen LogP contribution in [0, 0.1) is 5.92 Å². The van der Waals surface area contributed by atoms with Crippen molar-refractivity contribution in [2.45, 2.75) is 47.2 Å². The Bertz CT molecular complexity index is 666. The molecular weight excluding hydrogens is 454 g/mol. The minimum absolute atomic E-state index is 0.684. The molecule has 164 valence electrons. The second kappa shape index (κ2) is 7.53. The van der Waals surface area contributed by atoms with E-state index in [4.69, 9.17) is 5.11 Å². The molecule has 0 heterocycles. The van der Waals surface area contributed by atoms with E-state index in [9.17, 15) is 60.7 Å². The van der Waals surface area contributed by atoms with Crippen molar-refractivity contribution in [2.24, 2.45) is 5.92 Å². The molecule has 0 aliphatic carbocycles. The van der Waals surface area contributed by atoms with Gasteiger partial charge in [0.25, 0.3) is 0 Å². The van der Waals surface area contributed by atoms with Crippen LogP contribution in [0.15, 0.2) is 0 Å². The minimum atomic E-state index is -7.48. The molecule has 1 unspecified atom stereocenters. The maximum absolute atomic E-state index is 13.3. The van der Waals surface area contributed by atoms with E-state index in [1.54, 1.807) is 0 Å². The Hall–Kier alpha value is -0.840. The summed E-state index contributed by atoms with van der Waals surface area (Å²) in [5, 5.41) is -5.29. The largest absolute Gasteiger partial charge is 0.469 e. The van der Waals surface area contributed by atoms with Crippen LogP contribution in [0.3, 0.4) is 0 Å². The highest BCUT2D eigenvalue weighted by atomic mass is 32.3. The van der Waals surface area contributed by atoms with E-state index in [1.807, 2.05) is 0 Å². The number of aliphatic hydroxyl groups is 1. The second-order valence-corrected chi connectivity index (χ2v) is 10.0. The highest BCUT2D eigenvalue weighted by Gasteiger charge is 2.76. The fraction of sp³-hybridized carbons (Fsp3) is 1.00. The molecular formula is C10H12F10O5S2. The Morgan fingerprint density at radius 1 is 0.741 bits per heavy atom. The first kappa shape index (κ1) is 26.2. The van der Waals surface area contributed by atoms with Crippen molar-refractivity contribution in [3.8, 4) is 0 Å². The lowest BCUT2D eigenvalue weighted by Gasteiger charge is -2.30. The molecule has 0 radical (unpaired) electrons. The first-order valence-electron chi connectivity index (χ1n) is 6.55. The zero-order valence-corrected chi connectivity index (χ0v) is 14.6. The van der Waals surface area contributed by atoms with Crippen LogP contribution in [0.25, 0.3) is 0 Å². The molecule has 5 nitrogen and oxygen atoms in total. The second-order valence-electron chi connectivity index (χ2n) is 5.40. The predicted octanol–water partition coefficient (Wildman–Crippen LogP) is 2.86. The molecule has 0 aliphatic heterocycles. The molecule has 0 saturated heterocycles. The summed E-state index contributed by atoms with van der Waals surface area (Å²) in [4.78, 5) is 0. The summed E-state index contributed by atoms with van der Waals surface area (Å²) in [6.45, 7) is -0.176. The predicted molar refractivity (Wildman–Crippen MR) is 69.1 cm³/mol. The van der Waals surface area contributed by atoms with Gasteiger partial charge in [0.2, 0.25) is 19.7 Å². The van der Waals surface area contributed by atoms with Crippen LogP contribution in [-0.2, 0) is 19.7 Å². The van der Waals surface area contributed by atoms with Crippen LogP contribution in [-0.4, -0.2) is 56.0 Å². The minimum Gasteiger partial charge on any atom is -0.396 e. The molecule has 0 spiro atoms. The van der Waals surface area contributed by atoms with Crippen molar-refractivity contribution in [1.29, 1.82) is 0 Å². The summed E-state index contributed by atoms with van der Waals surface area (Å²) in [6, 6.07) is 0. The molecule has 1 atom stereocenters. The molecule has 0 amide bonds. The van der Waals surface area contributed by atoms with E-state index in [0.717, 1.165) is 6.92 Å². The van der Waals surface area contributed by atoms with Gasteiger partial charge in [0.05, 0.1) is 0 Å². The number of hydrogen-bond donors (Lipinski definition) is 1. The van der Waals surface area contributed by atoms with Gasteiger partial charge in [0.15, 0.2) is 4.58 Å². The molecule has 0 rings (SSSR count). The van der Waals surface area contributed by atoms with Crippen molar-refractivity contribution in [3.63, 3.8) is 0 Å². The van der Waals surface area contributed by atoms with Crippen molar-refractivity contribution >= 4 is 19.7 Å². The van der Waals surface area contributed by atoms with E-state index in [-0.39, 0.29) is 0 Å². The number of alkyl halides is 10. The number of rotatable bonds is 8. The highest BCUT2D eigenvalue weighted by molar-refractivity contribution is 8.10. The third-order valence-corrected chi connectivity index (χ3v) is 8.47. The molecule has 0 bridgehead atoms. The van der Waals surface area contributed by atoms with Crippen LogP contribution < -0.4 is 0 Å². The van der Waals surface area contributed by atoms with Gasteiger partial charge in [-0.1, -0.05) is 6.92 Å². The van der Waals surface area contributed by atoms with Gasteiger partial charge >= 0.3 is 22.9 Å². The quantitative estimate of drug-likeness (QED) is 0.556. The Kier molecular flexibility index (Phi) is 7.30. The van der Waals surface area contributed by atoms with Gasteiger partial charge in [-0.3, -0.25) is 0 Å². The third-order valence-electron chi connectivity index (χ3n) is 3.28. The Labute approximate surface area is 146 Å². The summed E-state index contributed by atoms with van der Waals surface area (Å²) in [5.74, 6) is -1.63. The van der Waals surface area contributed by atoms with Crippen LogP contribution in [0.5, 0.6) is 0 Å². The topological polar surface area (TPSA) is 88.5 Å². The van der Waals surface area contributed by atoms with Crippen LogP contribution >= 0.6 is 0 Å². The molecule has 1 N–H and O–H groups in total. The molecule has 0 saturated carbocycles. The summed E-state index contributed by atoms with van der Waals surface area (Å²) in [6.07, 6.45) is -16.6. The van der Waals surface area contributed by atoms with Gasteiger partial charge in [-0.2, -0.15) is 43.9 Å². The van der Waals surface area contributed by atoms with Crippen molar-refractivity contribution < 1.29 is 65.8 Å². The zero-order chi connectivity index (χ0) is 22.3. The molecule has 0 aromatic carbocycles. The van der Waals surface area contributed by atoms with Gasteiger partial charge < -0.3 is 5.11 Å². The van der Waals surface area contributed by atoms with E-state index < -0.39 is 72.5 Å². The van der Waals surface area contributed by atoms with E-state index in [1.165, 1.54) is 0 Å². The first-order valence-corrected chi connectivity index (χ1v) is 9.65. The number of hydrogen-bond acceptors (Lipinski definition) is 5. The monoisotopic (exact) mass is 466 g/mol. The SMILES string of the molecule is CC(CCO)CC(S(=O)(=O)C(F)(F)C(F)(F)F)S(=O)(=O)C(F)(F)C(F)(F)F. The van der Waals surface area contributed by atoms with Gasteiger partial charge in [-0.15, -0.1) is 0 Å². The standard InChI is InChI=1S/C10H12F10O5S2/c1-5(2-3-21)4-6(26(22,23)9(17,18)7(11,12)13)27(24,25)10(19,20)8(14,15)16/h5-6,21H,2-4H2,1H3. The average Bonchev–Trinajstić information content (AvgIpc) is 2.41. The lowest BCUT2D eigenvalue weighted by molar-refractivity contribution is -0.242. The van der Waals surface area contributed by atoms with E-state index in [2.05, 4.69) is 0 Å². The number of sulfone groups is 2. The molecule has 0 aromatic heterocycles. The average molecular weight is 466 g/mol.